The smallest absolute Gasteiger partial charge is 0.239 e. The summed E-state index contributed by atoms with van der Waals surface area (Å²) < 4.78 is 7.38. The van der Waals surface area contributed by atoms with Gasteiger partial charge in [0.2, 0.25) is 5.88 Å². The second-order valence-corrected chi connectivity index (χ2v) is 4.47. The van der Waals surface area contributed by atoms with Crippen LogP contribution in [0.3, 0.4) is 0 Å². The molecule has 2 aromatic heterocycles. The molecule has 0 saturated carbocycles. The fraction of sp³-hybridized carbons (Fsp3) is 0.417. The van der Waals surface area contributed by atoms with Crippen LogP contribution in [0.15, 0.2) is 18.5 Å². The zero-order valence-corrected chi connectivity index (χ0v) is 11.3. The van der Waals surface area contributed by atoms with Gasteiger partial charge in [0.1, 0.15) is 12.1 Å². The van der Waals surface area contributed by atoms with Crippen LogP contribution in [0.5, 0.6) is 5.88 Å². The second-order valence-electron chi connectivity index (χ2n) is 4.47. The molecule has 3 N–H and O–H groups in total. The van der Waals surface area contributed by atoms with E-state index in [1.165, 1.54) is 0 Å². The molecule has 0 saturated heterocycles. The van der Waals surface area contributed by atoms with Gasteiger partial charge in [-0.2, -0.15) is 4.98 Å². The van der Waals surface area contributed by atoms with Gasteiger partial charge in [0.15, 0.2) is 5.82 Å². The summed E-state index contributed by atoms with van der Waals surface area (Å²) in [5.74, 6) is 1.95. The lowest BCUT2D eigenvalue weighted by atomic mass is 10.4. The maximum Gasteiger partial charge on any atom is 0.239 e. The van der Waals surface area contributed by atoms with E-state index in [-0.39, 0.29) is 6.10 Å². The van der Waals surface area contributed by atoms with E-state index in [0.29, 0.717) is 23.9 Å². The normalized spacial score (nSPS) is 10.7. The van der Waals surface area contributed by atoms with E-state index in [2.05, 4.69) is 20.5 Å². The molecular weight excluding hydrogens is 244 g/mol. The fourth-order valence-electron chi connectivity index (χ4n) is 1.50. The van der Waals surface area contributed by atoms with Gasteiger partial charge in [-0.25, -0.2) is 0 Å². The van der Waals surface area contributed by atoms with Crippen molar-refractivity contribution in [2.45, 2.75) is 26.5 Å². The Balaban J connectivity index is 2.06. The van der Waals surface area contributed by atoms with Gasteiger partial charge in [-0.05, 0) is 26.0 Å². The molecular formula is C12H18N6O. The van der Waals surface area contributed by atoms with E-state index in [1.807, 2.05) is 25.5 Å². The van der Waals surface area contributed by atoms with Crippen molar-refractivity contribution in [2.75, 3.05) is 11.1 Å². The molecule has 0 fully saturated rings. The zero-order valence-electron chi connectivity index (χ0n) is 11.3. The monoisotopic (exact) mass is 262 g/mol. The van der Waals surface area contributed by atoms with Crippen molar-refractivity contribution < 1.29 is 4.74 Å². The molecule has 2 aromatic rings. The molecule has 0 aromatic carbocycles. The lowest BCUT2D eigenvalue weighted by Crippen LogP contribution is -2.11. The third-order valence-corrected chi connectivity index (χ3v) is 2.47. The molecule has 0 aliphatic rings. The Morgan fingerprint density at radius 2 is 2.21 bits per heavy atom. The molecule has 7 heteroatoms. The van der Waals surface area contributed by atoms with Gasteiger partial charge in [-0.1, -0.05) is 0 Å². The Labute approximate surface area is 111 Å². The van der Waals surface area contributed by atoms with Crippen LogP contribution >= 0.6 is 0 Å². The quantitative estimate of drug-likeness (QED) is 0.841. The molecule has 0 spiro atoms. The first-order chi connectivity index (χ1) is 9.06. The van der Waals surface area contributed by atoms with E-state index < -0.39 is 0 Å². The van der Waals surface area contributed by atoms with E-state index in [1.54, 1.807) is 18.5 Å². The number of hydrogen-bond donors (Lipinski definition) is 2. The minimum atomic E-state index is 0.0313. The molecule has 0 atom stereocenters. The number of rotatable bonds is 5. The lowest BCUT2D eigenvalue weighted by Gasteiger charge is -2.12. The van der Waals surface area contributed by atoms with Gasteiger partial charge in [-0.15, -0.1) is 10.2 Å². The highest BCUT2D eigenvalue weighted by Crippen LogP contribution is 2.22. The van der Waals surface area contributed by atoms with Crippen molar-refractivity contribution in [1.29, 1.82) is 0 Å². The van der Waals surface area contributed by atoms with Gasteiger partial charge in [0.05, 0.1) is 18.3 Å². The molecule has 0 unspecified atom stereocenters. The summed E-state index contributed by atoms with van der Waals surface area (Å²) in [6.07, 6.45) is 1.68. The zero-order chi connectivity index (χ0) is 13.8. The van der Waals surface area contributed by atoms with Gasteiger partial charge >= 0.3 is 0 Å². The van der Waals surface area contributed by atoms with Gasteiger partial charge in [-0.3, -0.25) is 0 Å². The summed E-state index contributed by atoms with van der Waals surface area (Å²) in [4.78, 5) is 4.33. The Kier molecular flexibility index (Phi) is 3.84. The largest absolute Gasteiger partial charge is 0.473 e. The molecule has 7 nitrogen and oxygen atoms in total. The average molecular weight is 262 g/mol. The number of nitrogens with two attached hydrogens (primary N) is 1. The standard InChI is InChI=1S/C12H18N6O/c1-8(2)19-12-9(13)4-5-10(16-12)14-6-11-17-15-7-18(11)3/h4-5,7-8H,6,13H2,1-3H3,(H,14,16). The maximum absolute atomic E-state index is 5.81. The van der Waals surface area contributed by atoms with Crippen LogP contribution in [-0.4, -0.2) is 25.9 Å². The molecule has 19 heavy (non-hydrogen) atoms. The highest BCUT2D eigenvalue weighted by Gasteiger charge is 2.07. The first-order valence-electron chi connectivity index (χ1n) is 6.06. The number of anilines is 2. The Bertz CT molecular complexity index is 551. The van der Waals surface area contributed by atoms with Crippen LogP contribution in [0.25, 0.3) is 0 Å². The number of nitrogens with one attached hydrogen (secondary N) is 1. The van der Waals surface area contributed by atoms with Crippen LogP contribution in [-0.2, 0) is 13.6 Å². The fourth-order valence-corrected chi connectivity index (χ4v) is 1.50. The van der Waals surface area contributed by atoms with Crippen LogP contribution in [0.2, 0.25) is 0 Å². The van der Waals surface area contributed by atoms with Crippen molar-refractivity contribution in [3.63, 3.8) is 0 Å². The van der Waals surface area contributed by atoms with Crippen molar-refractivity contribution in [2.24, 2.45) is 7.05 Å². The number of pyridine rings is 1. The average Bonchev–Trinajstić information content (AvgIpc) is 2.75. The third kappa shape index (κ3) is 3.34. The molecule has 0 radical (unpaired) electrons. The molecule has 2 rings (SSSR count). The number of nitrogen functional groups attached to an aromatic ring is 1. The van der Waals surface area contributed by atoms with Crippen molar-refractivity contribution in [3.05, 3.63) is 24.3 Å². The third-order valence-electron chi connectivity index (χ3n) is 2.47. The van der Waals surface area contributed by atoms with Gasteiger partial charge in [0, 0.05) is 7.05 Å². The number of ether oxygens (including phenoxy) is 1. The Hall–Kier alpha value is -2.31. The van der Waals surface area contributed by atoms with E-state index in [4.69, 9.17) is 10.5 Å². The first kappa shape index (κ1) is 13.1. The van der Waals surface area contributed by atoms with Gasteiger partial charge < -0.3 is 20.4 Å². The van der Waals surface area contributed by atoms with Crippen molar-refractivity contribution in [3.8, 4) is 5.88 Å². The van der Waals surface area contributed by atoms with Gasteiger partial charge in [0.25, 0.3) is 0 Å². The van der Waals surface area contributed by atoms with Crippen LogP contribution in [0, 0.1) is 0 Å². The Morgan fingerprint density at radius 3 is 2.84 bits per heavy atom. The topological polar surface area (TPSA) is 90.9 Å². The molecule has 0 aliphatic heterocycles. The summed E-state index contributed by atoms with van der Waals surface area (Å²) in [5, 5.41) is 11.0. The summed E-state index contributed by atoms with van der Waals surface area (Å²) in [5.41, 5.74) is 6.34. The lowest BCUT2D eigenvalue weighted by molar-refractivity contribution is 0.234. The molecule has 2 heterocycles. The summed E-state index contributed by atoms with van der Waals surface area (Å²) >= 11 is 0. The summed E-state index contributed by atoms with van der Waals surface area (Å²) in [7, 11) is 1.89. The predicted octanol–water partition coefficient (Wildman–Crippen LogP) is 1.19. The van der Waals surface area contributed by atoms with Crippen molar-refractivity contribution >= 4 is 11.5 Å². The van der Waals surface area contributed by atoms with Crippen LogP contribution in [0.1, 0.15) is 19.7 Å². The molecule has 0 aliphatic carbocycles. The Morgan fingerprint density at radius 1 is 1.42 bits per heavy atom. The van der Waals surface area contributed by atoms with Crippen molar-refractivity contribution in [1.82, 2.24) is 19.7 Å². The molecule has 102 valence electrons. The summed E-state index contributed by atoms with van der Waals surface area (Å²) in [6.45, 7) is 4.40. The SMILES string of the molecule is CC(C)Oc1nc(NCc2nncn2C)ccc1N. The highest BCUT2D eigenvalue weighted by molar-refractivity contribution is 5.53. The van der Waals surface area contributed by atoms with E-state index in [9.17, 15) is 0 Å². The predicted molar refractivity (Wildman–Crippen MR) is 72.7 cm³/mol. The van der Waals surface area contributed by atoms with Crippen LogP contribution < -0.4 is 15.8 Å². The number of aryl methyl sites for hydroxylation is 1. The molecule has 0 bridgehead atoms. The first-order valence-corrected chi connectivity index (χ1v) is 6.06. The molecule has 0 amide bonds. The van der Waals surface area contributed by atoms with E-state index in [0.717, 1.165) is 5.82 Å². The summed E-state index contributed by atoms with van der Waals surface area (Å²) in [6, 6.07) is 3.57. The minimum absolute atomic E-state index is 0.0313. The van der Waals surface area contributed by atoms with Crippen LogP contribution in [0.4, 0.5) is 11.5 Å². The maximum atomic E-state index is 5.81. The number of nitrogens with zero attached hydrogens (tertiary/aromatic N) is 4. The van der Waals surface area contributed by atoms with E-state index >= 15 is 0 Å². The second kappa shape index (κ2) is 5.55. The highest BCUT2D eigenvalue weighted by atomic mass is 16.5. The minimum Gasteiger partial charge on any atom is -0.473 e. The number of hydrogen-bond acceptors (Lipinski definition) is 6. The number of aromatic nitrogens is 4.